The van der Waals surface area contributed by atoms with Gasteiger partial charge in [-0.3, -0.25) is 10.9 Å². The van der Waals surface area contributed by atoms with E-state index < -0.39 is 0 Å². The fourth-order valence-corrected chi connectivity index (χ4v) is 3.56. The molecule has 0 radical (unpaired) electrons. The largest absolute Gasteiger partial charge is 0.331 e. The number of imidazole rings is 1. The van der Waals surface area contributed by atoms with Gasteiger partial charge in [-0.05, 0) is 50.8 Å². The third kappa shape index (κ3) is 3.57. The van der Waals surface area contributed by atoms with E-state index in [2.05, 4.69) is 34.3 Å². The molecule has 23 heavy (non-hydrogen) atoms. The van der Waals surface area contributed by atoms with Crippen LogP contribution in [0.1, 0.15) is 26.7 Å². The summed E-state index contributed by atoms with van der Waals surface area (Å²) in [7, 11) is 0. The van der Waals surface area contributed by atoms with Gasteiger partial charge in [0.05, 0.1) is 5.02 Å². The summed E-state index contributed by atoms with van der Waals surface area (Å²) in [4.78, 5) is 4.39. The summed E-state index contributed by atoms with van der Waals surface area (Å²) >= 11 is 6.16. The second kappa shape index (κ2) is 6.99. The van der Waals surface area contributed by atoms with Crippen LogP contribution in [0.15, 0.2) is 30.6 Å². The summed E-state index contributed by atoms with van der Waals surface area (Å²) in [6.07, 6.45) is 5.91. The number of hydrogen-bond donors (Lipinski definition) is 2. The molecule has 0 aliphatic carbocycles. The zero-order valence-electron chi connectivity index (χ0n) is 13.4. The summed E-state index contributed by atoms with van der Waals surface area (Å²) in [5.41, 5.74) is 7.35. The van der Waals surface area contributed by atoms with Crippen molar-refractivity contribution in [2.75, 3.05) is 0 Å². The molecule has 124 valence electrons. The van der Waals surface area contributed by atoms with Gasteiger partial charge in [-0.15, -0.1) is 0 Å². The molecule has 1 aromatic heterocycles. The van der Waals surface area contributed by atoms with Crippen LogP contribution in [0.5, 0.6) is 0 Å². The van der Waals surface area contributed by atoms with Gasteiger partial charge in [0.1, 0.15) is 11.6 Å². The predicted molar refractivity (Wildman–Crippen MR) is 90.6 cm³/mol. The van der Waals surface area contributed by atoms with Crippen LogP contribution < -0.4 is 10.9 Å². The molecule has 6 heteroatoms. The van der Waals surface area contributed by atoms with Gasteiger partial charge in [-0.25, -0.2) is 9.37 Å². The molecule has 0 bridgehead atoms. The van der Waals surface area contributed by atoms with E-state index in [1.165, 1.54) is 12.1 Å². The van der Waals surface area contributed by atoms with Gasteiger partial charge in [-0.2, -0.15) is 0 Å². The maximum Gasteiger partial charge on any atom is 0.141 e. The maximum absolute atomic E-state index is 13.2. The molecular formula is C17H22ClFN4. The molecule has 1 aromatic carbocycles. The van der Waals surface area contributed by atoms with Crippen LogP contribution >= 0.6 is 11.6 Å². The number of hydrazine groups is 1. The highest BCUT2D eigenvalue weighted by molar-refractivity contribution is 6.33. The molecule has 0 amide bonds. The first-order valence-electron chi connectivity index (χ1n) is 8.04. The van der Waals surface area contributed by atoms with E-state index in [4.69, 9.17) is 11.6 Å². The molecule has 0 saturated carbocycles. The van der Waals surface area contributed by atoms with Crippen molar-refractivity contribution in [1.29, 1.82) is 0 Å². The number of hydrogen-bond acceptors (Lipinski definition) is 3. The SMILES string of the molecule is CC1NNC(C)C1CCCn1ccnc1-c1ccc(F)cc1Cl. The van der Waals surface area contributed by atoms with Crippen LogP contribution in [-0.2, 0) is 6.54 Å². The van der Waals surface area contributed by atoms with Crippen molar-refractivity contribution in [2.45, 2.75) is 45.3 Å². The lowest BCUT2D eigenvalue weighted by atomic mass is 9.92. The predicted octanol–water partition coefficient (Wildman–Crippen LogP) is 3.62. The lowest BCUT2D eigenvalue weighted by molar-refractivity contribution is 0.390. The molecular weight excluding hydrogens is 315 g/mol. The molecule has 1 saturated heterocycles. The Morgan fingerprint density at radius 1 is 1.26 bits per heavy atom. The van der Waals surface area contributed by atoms with Crippen LogP contribution in [0, 0.1) is 11.7 Å². The van der Waals surface area contributed by atoms with Crippen molar-refractivity contribution in [3.63, 3.8) is 0 Å². The number of nitrogens with zero attached hydrogens (tertiary/aromatic N) is 2. The minimum Gasteiger partial charge on any atom is -0.331 e. The van der Waals surface area contributed by atoms with E-state index in [1.807, 2.05) is 6.20 Å². The lowest BCUT2D eigenvalue weighted by Gasteiger charge is -2.18. The topological polar surface area (TPSA) is 41.9 Å². The van der Waals surface area contributed by atoms with E-state index >= 15 is 0 Å². The van der Waals surface area contributed by atoms with Crippen LogP contribution in [-0.4, -0.2) is 21.6 Å². The van der Waals surface area contributed by atoms with Gasteiger partial charge in [-0.1, -0.05) is 11.6 Å². The smallest absolute Gasteiger partial charge is 0.141 e. The molecule has 2 atom stereocenters. The van der Waals surface area contributed by atoms with Gasteiger partial charge in [0, 0.05) is 36.6 Å². The summed E-state index contributed by atoms with van der Waals surface area (Å²) in [5.74, 6) is 1.08. The van der Waals surface area contributed by atoms with E-state index in [0.29, 0.717) is 23.0 Å². The summed E-state index contributed by atoms with van der Waals surface area (Å²) in [6.45, 7) is 5.29. The average molecular weight is 337 g/mol. The molecule has 4 nitrogen and oxygen atoms in total. The third-order valence-corrected chi connectivity index (χ3v) is 4.96. The Bertz CT molecular complexity index is 662. The van der Waals surface area contributed by atoms with Gasteiger partial charge in [0.25, 0.3) is 0 Å². The van der Waals surface area contributed by atoms with Gasteiger partial charge in [0.15, 0.2) is 0 Å². The van der Waals surface area contributed by atoms with Crippen LogP contribution in [0.25, 0.3) is 11.4 Å². The monoisotopic (exact) mass is 336 g/mol. The molecule has 3 rings (SSSR count). The first kappa shape index (κ1) is 16.4. The maximum atomic E-state index is 13.2. The number of nitrogens with one attached hydrogen (secondary N) is 2. The number of rotatable bonds is 5. The molecule has 1 aliphatic rings. The molecule has 2 unspecified atom stereocenters. The zero-order chi connectivity index (χ0) is 16.4. The van der Waals surface area contributed by atoms with Crippen molar-refractivity contribution >= 4 is 11.6 Å². The van der Waals surface area contributed by atoms with Gasteiger partial charge in [0.2, 0.25) is 0 Å². The quantitative estimate of drug-likeness (QED) is 0.876. The highest BCUT2D eigenvalue weighted by Gasteiger charge is 2.28. The minimum atomic E-state index is -0.332. The van der Waals surface area contributed by atoms with Crippen molar-refractivity contribution in [3.8, 4) is 11.4 Å². The zero-order valence-corrected chi connectivity index (χ0v) is 14.1. The fourth-order valence-electron chi connectivity index (χ4n) is 3.31. The van der Waals surface area contributed by atoms with Crippen LogP contribution in [0.3, 0.4) is 0 Å². The van der Waals surface area contributed by atoms with Crippen molar-refractivity contribution in [1.82, 2.24) is 20.4 Å². The first-order valence-corrected chi connectivity index (χ1v) is 8.41. The Kier molecular flexibility index (Phi) is 4.99. The second-order valence-corrected chi connectivity index (χ2v) is 6.65. The number of benzene rings is 1. The second-order valence-electron chi connectivity index (χ2n) is 6.24. The Balaban J connectivity index is 1.67. The summed E-state index contributed by atoms with van der Waals surface area (Å²) in [5, 5.41) is 0.392. The molecule has 2 aromatic rings. The van der Waals surface area contributed by atoms with E-state index in [1.54, 1.807) is 12.3 Å². The molecule has 2 heterocycles. The highest BCUT2D eigenvalue weighted by atomic mass is 35.5. The summed E-state index contributed by atoms with van der Waals surface area (Å²) < 4.78 is 15.3. The Morgan fingerprint density at radius 3 is 2.70 bits per heavy atom. The Morgan fingerprint density at radius 2 is 2.00 bits per heavy atom. The number of aryl methyl sites for hydroxylation is 1. The molecule has 1 fully saturated rings. The van der Waals surface area contributed by atoms with Crippen molar-refractivity contribution in [3.05, 3.63) is 41.4 Å². The molecule has 0 spiro atoms. The van der Waals surface area contributed by atoms with Crippen molar-refractivity contribution in [2.24, 2.45) is 5.92 Å². The fraction of sp³-hybridized carbons (Fsp3) is 0.471. The molecule has 1 aliphatic heterocycles. The van der Waals surface area contributed by atoms with Crippen LogP contribution in [0.2, 0.25) is 5.02 Å². The first-order chi connectivity index (χ1) is 11.1. The molecule has 2 N–H and O–H groups in total. The van der Waals surface area contributed by atoms with E-state index in [-0.39, 0.29) is 5.82 Å². The van der Waals surface area contributed by atoms with Crippen LogP contribution in [0.4, 0.5) is 4.39 Å². The Labute approximate surface area is 141 Å². The van der Waals surface area contributed by atoms with Crippen molar-refractivity contribution < 1.29 is 4.39 Å². The third-order valence-electron chi connectivity index (χ3n) is 4.65. The average Bonchev–Trinajstić information content (AvgIpc) is 3.08. The van der Waals surface area contributed by atoms with Gasteiger partial charge < -0.3 is 4.57 Å². The van der Waals surface area contributed by atoms with E-state index in [9.17, 15) is 4.39 Å². The van der Waals surface area contributed by atoms with E-state index in [0.717, 1.165) is 30.8 Å². The lowest BCUT2D eigenvalue weighted by Crippen LogP contribution is -2.30. The van der Waals surface area contributed by atoms with Gasteiger partial charge >= 0.3 is 0 Å². The minimum absolute atomic E-state index is 0.332. The summed E-state index contributed by atoms with van der Waals surface area (Å²) in [6, 6.07) is 5.40. The standard InChI is InChI=1S/C17H22ClFN4/c1-11-14(12(2)22-21-11)4-3-8-23-9-7-20-17(23)15-6-5-13(19)10-16(15)18/h5-7,9-12,14,21-22H,3-4,8H2,1-2H3. The normalized spacial score (nSPS) is 24.3. The number of aromatic nitrogens is 2. The highest BCUT2D eigenvalue weighted by Crippen LogP contribution is 2.28. The Hall–Kier alpha value is -1.43. The number of halogens is 2.